The van der Waals surface area contributed by atoms with Crippen LogP contribution in [-0.4, -0.2) is 49.4 Å². The van der Waals surface area contributed by atoms with Crippen LogP contribution in [0.2, 0.25) is 0 Å². The van der Waals surface area contributed by atoms with E-state index in [1.165, 1.54) is 34.0 Å². The average Bonchev–Trinajstić information content (AvgIpc) is 2.88. The first kappa shape index (κ1) is 24.1. The maximum Gasteiger partial charge on any atom is 0.264 e. The SMILES string of the molecule is Cc1ccc(N2CCN(C(=O)c3ccc4c(c3)N(C)C(=O)/C(=C/c3ccccc3F)S4)C[C@@H]2C)cc1. The van der Waals surface area contributed by atoms with Crippen LogP contribution in [0.1, 0.15) is 28.4 Å². The summed E-state index contributed by atoms with van der Waals surface area (Å²) in [5, 5.41) is 0. The molecule has 1 fully saturated rings. The van der Waals surface area contributed by atoms with Gasteiger partial charge in [0.15, 0.2) is 0 Å². The summed E-state index contributed by atoms with van der Waals surface area (Å²) in [6.07, 6.45) is 1.58. The summed E-state index contributed by atoms with van der Waals surface area (Å²) >= 11 is 1.30. The standard InChI is InChI=1S/C29H28FN3O2S/c1-19-8-11-23(12-9-19)33-15-14-32(18-20(33)2)28(34)22-10-13-26-25(16-22)31(3)29(35)27(36-26)17-21-6-4-5-7-24(21)30/h4-13,16-17,20H,14-15,18H2,1-3H3/b27-17-/t20-/m0/s1. The monoisotopic (exact) mass is 501 g/mol. The van der Waals surface area contributed by atoms with E-state index in [2.05, 4.69) is 43.0 Å². The third kappa shape index (κ3) is 4.63. The molecular weight excluding hydrogens is 473 g/mol. The number of hydrogen-bond acceptors (Lipinski definition) is 4. The van der Waals surface area contributed by atoms with Crippen LogP contribution in [-0.2, 0) is 4.79 Å². The number of rotatable bonds is 3. The van der Waals surface area contributed by atoms with Crippen molar-refractivity contribution in [2.45, 2.75) is 24.8 Å². The molecule has 3 aromatic rings. The molecule has 1 atom stereocenters. The van der Waals surface area contributed by atoms with Gasteiger partial charge in [0.25, 0.3) is 11.8 Å². The van der Waals surface area contributed by atoms with E-state index in [4.69, 9.17) is 0 Å². The van der Waals surface area contributed by atoms with E-state index in [-0.39, 0.29) is 23.7 Å². The molecule has 1 saturated heterocycles. The van der Waals surface area contributed by atoms with Crippen molar-refractivity contribution in [2.75, 3.05) is 36.5 Å². The van der Waals surface area contributed by atoms with Gasteiger partial charge in [-0.25, -0.2) is 4.39 Å². The van der Waals surface area contributed by atoms with Crippen LogP contribution >= 0.6 is 11.8 Å². The van der Waals surface area contributed by atoms with E-state index in [0.29, 0.717) is 34.8 Å². The van der Waals surface area contributed by atoms with Gasteiger partial charge in [0.2, 0.25) is 0 Å². The Bertz CT molecular complexity index is 1350. The minimum Gasteiger partial charge on any atom is -0.365 e. The highest BCUT2D eigenvalue weighted by molar-refractivity contribution is 8.04. The lowest BCUT2D eigenvalue weighted by atomic mass is 10.1. The molecule has 5 rings (SSSR count). The number of fused-ring (bicyclic) bond motifs is 1. The number of benzene rings is 3. The number of amides is 2. The highest BCUT2D eigenvalue weighted by atomic mass is 32.2. The Balaban J connectivity index is 1.33. The number of nitrogens with zero attached hydrogens (tertiary/aromatic N) is 3. The Morgan fingerprint density at radius 2 is 1.81 bits per heavy atom. The van der Waals surface area contributed by atoms with Gasteiger partial charge in [-0.15, -0.1) is 0 Å². The lowest BCUT2D eigenvalue weighted by molar-refractivity contribution is -0.114. The van der Waals surface area contributed by atoms with Crippen molar-refractivity contribution < 1.29 is 14.0 Å². The van der Waals surface area contributed by atoms with Crippen LogP contribution in [0.5, 0.6) is 0 Å². The molecule has 0 N–H and O–H groups in total. The molecule has 2 heterocycles. The van der Waals surface area contributed by atoms with Gasteiger partial charge in [0.1, 0.15) is 5.82 Å². The predicted octanol–water partition coefficient (Wildman–Crippen LogP) is 5.59. The van der Waals surface area contributed by atoms with Crippen molar-refractivity contribution in [2.24, 2.45) is 0 Å². The minimum absolute atomic E-state index is 0.0354. The molecule has 0 saturated carbocycles. The molecule has 0 aromatic heterocycles. The third-order valence-corrected chi connectivity index (χ3v) is 7.85. The van der Waals surface area contributed by atoms with Gasteiger partial charge in [-0.2, -0.15) is 0 Å². The highest BCUT2D eigenvalue weighted by Crippen LogP contribution is 2.42. The van der Waals surface area contributed by atoms with Crippen molar-refractivity contribution in [3.05, 3.63) is 94.1 Å². The maximum absolute atomic E-state index is 14.1. The van der Waals surface area contributed by atoms with Crippen LogP contribution in [0.15, 0.2) is 76.5 Å². The Kier molecular flexibility index (Phi) is 6.58. The summed E-state index contributed by atoms with van der Waals surface area (Å²) in [7, 11) is 1.69. The van der Waals surface area contributed by atoms with Gasteiger partial charge in [0.05, 0.1) is 10.6 Å². The van der Waals surface area contributed by atoms with Crippen molar-refractivity contribution in [1.82, 2.24) is 4.90 Å². The molecule has 0 radical (unpaired) electrons. The van der Waals surface area contributed by atoms with Crippen molar-refractivity contribution in [1.29, 1.82) is 0 Å². The Morgan fingerprint density at radius 3 is 2.53 bits per heavy atom. The zero-order valence-electron chi connectivity index (χ0n) is 20.6. The summed E-state index contributed by atoms with van der Waals surface area (Å²) < 4.78 is 14.1. The van der Waals surface area contributed by atoms with Crippen LogP contribution < -0.4 is 9.80 Å². The molecule has 2 aliphatic rings. The van der Waals surface area contributed by atoms with Crippen molar-refractivity contribution >= 4 is 41.0 Å². The molecule has 36 heavy (non-hydrogen) atoms. The fourth-order valence-electron chi connectivity index (χ4n) is 4.70. The van der Waals surface area contributed by atoms with Gasteiger partial charge < -0.3 is 14.7 Å². The zero-order chi connectivity index (χ0) is 25.4. The van der Waals surface area contributed by atoms with Gasteiger partial charge in [-0.3, -0.25) is 9.59 Å². The number of carbonyl (C=O) groups excluding carboxylic acids is 2. The molecule has 0 bridgehead atoms. The number of thioether (sulfide) groups is 1. The van der Waals surface area contributed by atoms with Crippen LogP contribution in [0, 0.1) is 12.7 Å². The molecule has 5 nitrogen and oxygen atoms in total. The molecule has 2 aliphatic heterocycles. The number of anilines is 2. The molecule has 7 heteroatoms. The number of aryl methyl sites for hydroxylation is 1. The summed E-state index contributed by atoms with van der Waals surface area (Å²) in [4.78, 5) is 33.5. The quantitative estimate of drug-likeness (QED) is 0.439. The second-order valence-corrected chi connectivity index (χ2v) is 10.4. The first-order chi connectivity index (χ1) is 17.3. The first-order valence-electron chi connectivity index (χ1n) is 12.0. The topological polar surface area (TPSA) is 43.9 Å². The highest BCUT2D eigenvalue weighted by Gasteiger charge is 2.30. The number of piperazine rings is 1. The number of likely N-dealkylation sites (N-methyl/N-ethyl adjacent to an activating group) is 1. The largest absolute Gasteiger partial charge is 0.365 e. The minimum atomic E-state index is -0.371. The third-order valence-electron chi connectivity index (χ3n) is 6.77. The maximum atomic E-state index is 14.1. The van der Waals surface area contributed by atoms with Gasteiger partial charge in [-0.1, -0.05) is 47.7 Å². The first-order valence-corrected chi connectivity index (χ1v) is 12.8. The molecule has 184 valence electrons. The normalized spacial score (nSPS) is 19.0. The van der Waals surface area contributed by atoms with Crippen molar-refractivity contribution in [3.63, 3.8) is 0 Å². The lowest BCUT2D eigenvalue weighted by Crippen LogP contribution is -2.53. The summed E-state index contributed by atoms with van der Waals surface area (Å²) in [5.41, 5.74) is 4.02. The predicted molar refractivity (Wildman–Crippen MR) is 144 cm³/mol. The number of hydrogen-bond donors (Lipinski definition) is 0. The molecule has 0 unspecified atom stereocenters. The Morgan fingerprint density at radius 1 is 1.06 bits per heavy atom. The van der Waals surface area contributed by atoms with E-state index in [1.54, 1.807) is 37.4 Å². The summed E-state index contributed by atoms with van der Waals surface area (Å²) in [6, 6.07) is 20.5. The second-order valence-electron chi connectivity index (χ2n) is 9.31. The lowest BCUT2D eigenvalue weighted by Gasteiger charge is -2.41. The van der Waals surface area contributed by atoms with E-state index in [0.717, 1.165) is 11.4 Å². The molecule has 3 aromatic carbocycles. The van der Waals surface area contributed by atoms with Crippen LogP contribution in [0.25, 0.3) is 6.08 Å². The summed E-state index contributed by atoms with van der Waals surface area (Å²) in [6.45, 7) is 6.24. The van der Waals surface area contributed by atoms with E-state index in [9.17, 15) is 14.0 Å². The van der Waals surface area contributed by atoms with E-state index < -0.39 is 0 Å². The molecule has 0 aliphatic carbocycles. The molecule has 0 spiro atoms. The average molecular weight is 502 g/mol. The van der Waals surface area contributed by atoms with E-state index >= 15 is 0 Å². The Labute approximate surface area is 215 Å². The Hall–Kier alpha value is -3.58. The zero-order valence-corrected chi connectivity index (χ0v) is 21.4. The number of halogens is 1. The molecule has 2 amide bonds. The summed E-state index contributed by atoms with van der Waals surface area (Å²) in [5.74, 6) is -0.628. The smallest absolute Gasteiger partial charge is 0.264 e. The van der Waals surface area contributed by atoms with E-state index in [1.807, 2.05) is 17.0 Å². The fourth-order valence-corrected chi connectivity index (χ4v) is 5.79. The number of carbonyl (C=O) groups is 2. The van der Waals surface area contributed by atoms with Gasteiger partial charge in [-0.05, 0) is 56.3 Å². The van der Waals surface area contributed by atoms with Crippen molar-refractivity contribution in [3.8, 4) is 0 Å². The molecular formula is C29H28FN3O2S. The van der Waals surface area contributed by atoms with Gasteiger partial charge in [0, 0.05) is 54.4 Å². The second kappa shape index (κ2) is 9.82. The van der Waals surface area contributed by atoms with Gasteiger partial charge >= 0.3 is 0 Å². The van der Waals surface area contributed by atoms with Crippen LogP contribution in [0.3, 0.4) is 0 Å². The fraction of sp³-hybridized carbons (Fsp3) is 0.241. The van der Waals surface area contributed by atoms with Crippen LogP contribution in [0.4, 0.5) is 15.8 Å².